The minimum atomic E-state index is -0.783. The summed E-state index contributed by atoms with van der Waals surface area (Å²) in [5.74, 6) is -1.19. The van der Waals surface area contributed by atoms with Crippen LogP contribution in [-0.2, 0) is 0 Å². The Labute approximate surface area is 98.0 Å². The summed E-state index contributed by atoms with van der Waals surface area (Å²) in [4.78, 5) is 23.2. The molecule has 0 heterocycles. The number of nitro benzene ring substituents is 1. The van der Waals surface area contributed by atoms with E-state index >= 15 is 0 Å². The van der Waals surface area contributed by atoms with E-state index in [1.807, 2.05) is 0 Å². The van der Waals surface area contributed by atoms with Gasteiger partial charge in [-0.25, -0.2) is 4.39 Å². The van der Waals surface area contributed by atoms with Crippen LogP contribution >= 0.6 is 0 Å². The van der Waals surface area contributed by atoms with Crippen LogP contribution in [0.2, 0.25) is 0 Å². The van der Waals surface area contributed by atoms with Gasteiger partial charge in [0.2, 0.25) is 0 Å². The molecule has 1 aromatic carbocycles. The number of amides is 1. The number of carbonyl (C=O) groups is 1. The highest BCUT2D eigenvalue weighted by atomic mass is 19.1. The van der Waals surface area contributed by atoms with Gasteiger partial charge in [0.25, 0.3) is 11.6 Å². The van der Waals surface area contributed by atoms with Gasteiger partial charge in [-0.15, -0.1) is 0 Å². The van der Waals surface area contributed by atoms with Crippen LogP contribution in [0.25, 0.3) is 0 Å². The molecule has 0 aliphatic carbocycles. The summed E-state index contributed by atoms with van der Waals surface area (Å²) in [5.41, 5.74) is -0.416. The topological polar surface area (TPSA) is 63.5 Å². The second-order valence-electron chi connectivity index (χ2n) is 3.43. The molecule has 0 saturated carbocycles. The highest BCUT2D eigenvalue weighted by molar-refractivity contribution is 5.94. The van der Waals surface area contributed by atoms with Crippen molar-refractivity contribution >= 4 is 11.6 Å². The van der Waals surface area contributed by atoms with Gasteiger partial charge in [0.15, 0.2) is 0 Å². The second kappa shape index (κ2) is 5.38. The first kappa shape index (κ1) is 13.1. The maximum Gasteiger partial charge on any atom is 0.273 e. The molecule has 0 aliphatic heterocycles. The lowest BCUT2D eigenvalue weighted by Gasteiger charge is -2.18. The van der Waals surface area contributed by atoms with Crippen LogP contribution in [0, 0.1) is 15.9 Å². The normalized spacial score (nSPS) is 10.1. The van der Waals surface area contributed by atoms with Crippen LogP contribution < -0.4 is 0 Å². The van der Waals surface area contributed by atoms with Gasteiger partial charge >= 0.3 is 0 Å². The summed E-state index contributed by atoms with van der Waals surface area (Å²) in [6.45, 7) is 4.52. The summed E-state index contributed by atoms with van der Waals surface area (Å²) in [5, 5.41) is 10.6. The Balaban J connectivity index is 3.13. The fraction of sp³-hybridized carbons (Fsp3) is 0.364. The molecule has 0 unspecified atom stereocenters. The van der Waals surface area contributed by atoms with Crippen LogP contribution in [0.1, 0.15) is 24.2 Å². The number of nitro groups is 1. The number of halogens is 1. The van der Waals surface area contributed by atoms with Crippen molar-refractivity contribution in [1.29, 1.82) is 0 Å². The minimum absolute atomic E-state index is 0.000370. The number of nitrogens with zero attached hydrogens (tertiary/aromatic N) is 2. The van der Waals surface area contributed by atoms with Crippen LogP contribution in [-0.4, -0.2) is 28.8 Å². The van der Waals surface area contributed by atoms with E-state index in [4.69, 9.17) is 0 Å². The van der Waals surface area contributed by atoms with Gasteiger partial charge in [-0.3, -0.25) is 14.9 Å². The van der Waals surface area contributed by atoms with E-state index in [2.05, 4.69) is 0 Å². The third-order valence-electron chi connectivity index (χ3n) is 2.39. The first-order valence-corrected chi connectivity index (χ1v) is 5.23. The van der Waals surface area contributed by atoms with Gasteiger partial charge in [0, 0.05) is 24.7 Å². The van der Waals surface area contributed by atoms with Crippen molar-refractivity contribution in [3.8, 4) is 0 Å². The second-order valence-corrected chi connectivity index (χ2v) is 3.43. The Bertz CT molecular complexity index is 444. The zero-order chi connectivity index (χ0) is 13.0. The molecule has 1 amide bonds. The molecule has 0 bridgehead atoms. The molecule has 6 heteroatoms. The molecule has 0 radical (unpaired) electrons. The lowest BCUT2D eigenvalue weighted by atomic mass is 10.1. The molecule has 92 valence electrons. The van der Waals surface area contributed by atoms with Crippen molar-refractivity contribution in [3.63, 3.8) is 0 Å². The molecule has 0 aliphatic rings. The van der Waals surface area contributed by atoms with Gasteiger partial charge in [-0.2, -0.15) is 0 Å². The summed E-state index contributed by atoms with van der Waals surface area (Å²) in [7, 11) is 0. The van der Waals surface area contributed by atoms with Gasteiger partial charge in [-0.1, -0.05) is 0 Å². The molecular formula is C11H13FN2O3. The fourth-order valence-corrected chi connectivity index (χ4v) is 1.50. The maximum absolute atomic E-state index is 13.1. The predicted octanol–water partition coefficient (Wildman–Crippen LogP) is 2.22. The van der Waals surface area contributed by atoms with Crippen molar-refractivity contribution < 1.29 is 14.1 Å². The van der Waals surface area contributed by atoms with E-state index in [-0.39, 0.29) is 5.56 Å². The highest BCUT2D eigenvalue weighted by Gasteiger charge is 2.17. The van der Waals surface area contributed by atoms with Gasteiger partial charge in [0.05, 0.1) is 11.0 Å². The summed E-state index contributed by atoms with van der Waals surface area (Å²) >= 11 is 0. The maximum atomic E-state index is 13.1. The number of carbonyl (C=O) groups excluding carboxylic acids is 1. The summed E-state index contributed by atoms with van der Waals surface area (Å²) in [6.07, 6.45) is 0. The SMILES string of the molecule is CCN(CC)C(=O)c1cc(F)cc([N+](=O)[O-])c1. The molecule has 0 fully saturated rings. The molecule has 0 atom stereocenters. The predicted molar refractivity (Wildman–Crippen MR) is 60.3 cm³/mol. The Morgan fingerprint density at radius 2 is 1.94 bits per heavy atom. The highest BCUT2D eigenvalue weighted by Crippen LogP contribution is 2.17. The Kier molecular flexibility index (Phi) is 4.14. The van der Waals surface area contributed by atoms with E-state index < -0.39 is 22.3 Å². The van der Waals surface area contributed by atoms with Gasteiger partial charge < -0.3 is 4.90 Å². The van der Waals surface area contributed by atoms with Gasteiger partial charge in [0.1, 0.15) is 5.82 Å². The third kappa shape index (κ3) is 2.99. The molecule has 0 aromatic heterocycles. The van der Waals surface area contributed by atoms with Crippen molar-refractivity contribution in [1.82, 2.24) is 4.90 Å². The molecule has 0 N–H and O–H groups in total. The quantitative estimate of drug-likeness (QED) is 0.598. The van der Waals surface area contributed by atoms with Crippen molar-refractivity contribution in [2.24, 2.45) is 0 Å². The zero-order valence-electron chi connectivity index (χ0n) is 9.64. The largest absolute Gasteiger partial charge is 0.339 e. The third-order valence-corrected chi connectivity index (χ3v) is 2.39. The average molecular weight is 240 g/mol. The minimum Gasteiger partial charge on any atom is -0.339 e. The number of hydrogen-bond acceptors (Lipinski definition) is 3. The number of hydrogen-bond donors (Lipinski definition) is 0. The van der Waals surface area contributed by atoms with Crippen LogP contribution in [0.15, 0.2) is 18.2 Å². The molecule has 17 heavy (non-hydrogen) atoms. The van der Waals surface area contributed by atoms with E-state index in [0.717, 1.165) is 18.2 Å². The monoisotopic (exact) mass is 240 g/mol. The fourth-order valence-electron chi connectivity index (χ4n) is 1.50. The smallest absolute Gasteiger partial charge is 0.273 e. The Hall–Kier alpha value is -1.98. The van der Waals surface area contributed by atoms with E-state index in [0.29, 0.717) is 13.1 Å². The molecule has 1 aromatic rings. The lowest BCUT2D eigenvalue weighted by Crippen LogP contribution is -2.30. The lowest BCUT2D eigenvalue weighted by molar-refractivity contribution is -0.385. The summed E-state index contributed by atoms with van der Waals surface area (Å²) in [6, 6.07) is 2.89. The van der Waals surface area contributed by atoms with E-state index in [9.17, 15) is 19.3 Å². The van der Waals surface area contributed by atoms with Crippen LogP contribution in [0.3, 0.4) is 0 Å². The summed E-state index contributed by atoms with van der Waals surface area (Å²) < 4.78 is 13.1. The molecule has 0 spiro atoms. The van der Waals surface area contributed by atoms with E-state index in [1.54, 1.807) is 13.8 Å². The average Bonchev–Trinajstić information content (AvgIpc) is 2.29. The van der Waals surface area contributed by atoms with Crippen LogP contribution in [0.5, 0.6) is 0 Å². The molecule has 1 rings (SSSR count). The van der Waals surface area contributed by atoms with Gasteiger partial charge in [-0.05, 0) is 19.9 Å². The first-order chi connectivity index (χ1) is 7.99. The van der Waals surface area contributed by atoms with Crippen molar-refractivity contribution in [3.05, 3.63) is 39.7 Å². The number of benzene rings is 1. The Morgan fingerprint density at radius 3 is 2.41 bits per heavy atom. The molecule has 5 nitrogen and oxygen atoms in total. The van der Waals surface area contributed by atoms with E-state index in [1.165, 1.54) is 4.90 Å². The van der Waals surface area contributed by atoms with Crippen LogP contribution in [0.4, 0.5) is 10.1 Å². The first-order valence-electron chi connectivity index (χ1n) is 5.23. The molecule has 0 saturated heterocycles. The van der Waals surface area contributed by atoms with Crippen molar-refractivity contribution in [2.75, 3.05) is 13.1 Å². The number of non-ortho nitro benzene ring substituents is 1. The molecular weight excluding hydrogens is 227 g/mol. The van der Waals surface area contributed by atoms with Crippen molar-refractivity contribution in [2.45, 2.75) is 13.8 Å². The standard InChI is InChI=1S/C11H13FN2O3/c1-3-13(4-2)11(15)8-5-9(12)7-10(6-8)14(16)17/h5-7H,3-4H2,1-2H3. The Morgan fingerprint density at radius 1 is 1.35 bits per heavy atom. The zero-order valence-corrected chi connectivity index (χ0v) is 9.64. The number of rotatable bonds is 4.